The van der Waals surface area contributed by atoms with E-state index in [0.717, 1.165) is 5.56 Å². The number of nitrogens with zero attached hydrogens (tertiary/aromatic N) is 2. The first-order chi connectivity index (χ1) is 9.07. The summed E-state index contributed by atoms with van der Waals surface area (Å²) in [5, 5.41) is 8.95. The number of amides is 1. The number of anilines is 1. The third-order valence-electron chi connectivity index (χ3n) is 3.72. The molecule has 0 radical (unpaired) electrons. The van der Waals surface area contributed by atoms with E-state index in [1.807, 2.05) is 39.0 Å². The fourth-order valence-corrected chi connectivity index (χ4v) is 2.46. The smallest absolute Gasteiger partial charge is 0.272 e. The van der Waals surface area contributed by atoms with E-state index in [4.69, 9.17) is 10.00 Å². The van der Waals surface area contributed by atoms with Crippen molar-refractivity contribution in [3.63, 3.8) is 0 Å². The van der Waals surface area contributed by atoms with E-state index in [1.54, 1.807) is 0 Å². The van der Waals surface area contributed by atoms with Crippen molar-refractivity contribution in [1.82, 2.24) is 0 Å². The highest BCUT2D eigenvalue weighted by Crippen LogP contribution is 2.40. The van der Waals surface area contributed by atoms with Crippen LogP contribution in [-0.4, -0.2) is 18.1 Å². The number of hydrogen-bond acceptors (Lipinski definition) is 3. The molecule has 1 aromatic rings. The van der Waals surface area contributed by atoms with Gasteiger partial charge in [-0.1, -0.05) is 19.9 Å². The Hall–Kier alpha value is -2.02. The summed E-state index contributed by atoms with van der Waals surface area (Å²) >= 11 is 0. The second-order valence-electron chi connectivity index (χ2n) is 4.82. The second kappa shape index (κ2) is 4.93. The van der Waals surface area contributed by atoms with Crippen LogP contribution in [0.2, 0.25) is 0 Å². The second-order valence-corrected chi connectivity index (χ2v) is 4.82. The van der Waals surface area contributed by atoms with Crippen molar-refractivity contribution in [1.29, 1.82) is 5.26 Å². The van der Waals surface area contributed by atoms with Gasteiger partial charge in [0.1, 0.15) is 12.3 Å². The minimum atomic E-state index is -0.836. The van der Waals surface area contributed by atoms with Crippen LogP contribution in [0.4, 0.5) is 5.69 Å². The zero-order valence-corrected chi connectivity index (χ0v) is 11.6. The average Bonchev–Trinajstić information content (AvgIpc) is 2.42. The molecule has 0 bridgehead atoms. The Labute approximate surface area is 113 Å². The molecule has 1 aliphatic rings. The molecule has 0 unspecified atom stereocenters. The van der Waals surface area contributed by atoms with Gasteiger partial charge in [0.25, 0.3) is 5.91 Å². The van der Waals surface area contributed by atoms with Crippen LogP contribution in [-0.2, 0) is 4.79 Å². The summed E-state index contributed by atoms with van der Waals surface area (Å²) in [6, 6.07) is 7.75. The fourth-order valence-electron chi connectivity index (χ4n) is 2.46. The third kappa shape index (κ3) is 2.06. The number of benzene rings is 1. The largest absolute Gasteiger partial charge is 0.475 e. The van der Waals surface area contributed by atoms with Gasteiger partial charge in [-0.05, 0) is 37.5 Å². The number of hydrogen-bond donors (Lipinski definition) is 0. The van der Waals surface area contributed by atoms with Gasteiger partial charge in [0.05, 0.1) is 11.8 Å². The lowest BCUT2D eigenvalue weighted by Crippen LogP contribution is -2.55. The number of rotatable bonds is 3. The van der Waals surface area contributed by atoms with Gasteiger partial charge in [0, 0.05) is 0 Å². The molecule has 1 amide bonds. The molecule has 0 spiro atoms. The van der Waals surface area contributed by atoms with E-state index < -0.39 is 5.60 Å². The maximum atomic E-state index is 12.6. The number of carbonyl (C=O) groups is 1. The minimum absolute atomic E-state index is 0.0556. The van der Waals surface area contributed by atoms with Gasteiger partial charge in [-0.2, -0.15) is 5.26 Å². The van der Waals surface area contributed by atoms with Gasteiger partial charge in [-0.25, -0.2) is 0 Å². The predicted molar refractivity (Wildman–Crippen MR) is 73.1 cm³/mol. The molecule has 4 nitrogen and oxygen atoms in total. The van der Waals surface area contributed by atoms with Crippen LogP contribution in [0, 0.1) is 18.3 Å². The van der Waals surface area contributed by atoms with Gasteiger partial charge < -0.3 is 4.74 Å². The van der Waals surface area contributed by atoms with Crippen LogP contribution in [0.1, 0.15) is 32.3 Å². The Kier molecular flexibility index (Phi) is 3.48. The van der Waals surface area contributed by atoms with Crippen molar-refractivity contribution >= 4 is 11.6 Å². The normalized spacial score (nSPS) is 16.5. The van der Waals surface area contributed by atoms with E-state index in [-0.39, 0.29) is 12.5 Å². The molecule has 1 aliphatic heterocycles. The van der Waals surface area contributed by atoms with E-state index in [2.05, 4.69) is 6.07 Å². The van der Waals surface area contributed by atoms with Crippen LogP contribution in [0.25, 0.3) is 0 Å². The average molecular weight is 258 g/mol. The number of fused-ring (bicyclic) bond motifs is 1. The number of nitriles is 1. The highest BCUT2D eigenvalue weighted by molar-refractivity contribution is 6.03. The van der Waals surface area contributed by atoms with Crippen LogP contribution in [0.5, 0.6) is 5.75 Å². The molecule has 0 aliphatic carbocycles. The summed E-state index contributed by atoms with van der Waals surface area (Å²) in [5.41, 5.74) is 0.929. The Morgan fingerprint density at radius 3 is 2.63 bits per heavy atom. The highest BCUT2D eigenvalue weighted by atomic mass is 16.5. The van der Waals surface area contributed by atoms with E-state index in [9.17, 15) is 4.79 Å². The topological polar surface area (TPSA) is 53.3 Å². The number of aryl methyl sites for hydroxylation is 1. The first kappa shape index (κ1) is 13.4. The number of ether oxygens (including phenoxy) is 1. The molecule has 100 valence electrons. The molecular formula is C15H18N2O2. The lowest BCUT2D eigenvalue weighted by Gasteiger charge is -2.41. The van der Waals surface area contributed by atoms with Crippen molar-refractivity contribution < 1.29 is 9.53 Å². The summed E-state index contributed by atoms with van der Waals surface area (Å²) < 4.78 is 5.99. The van der Waals surface area contributed by atoms with Crippen LogP contribution in [0.3, 0.4) is 0 Å². The molecule has 0 atom stereocenters. The van der Waals surface area contributed by atoms with Crippen molar-refractivity contribution in [2.24, 2.45) is 0 Å². The van der Waals surface area contributed by atoms with Gasteiger partial charge in [-0.3, -0.25) is 9.69 Å². The van der Waals surface area contributed by atoms with Crippen molar-refractivity contribution in [3.05, 3.63) is 23.8 Å². The monoisotopic (exact) mass is 258 g/mol. The van der Waals surface area contributed by atoms with Gasteiger partial charge in [0.15, 0.2) is 5.60 Å². The minimum Gasteiger partial charge on any atom is -0.475 e. The standard InChI is InChI=1S/C15H18N2O2/c1-4-15(5-2)14(18)17(9-8-16)12-7-6-11(3)10-13(12)19-15/h6-7,10H,4-5,9H2,1-3H3. The summed E-state index contributed by atoms with van der Waals surface area (Å²) in [4.78, 5) is 14.1. The van der Waals surface area contributed by atoms with Crippen molar-refractivity contribution in [3.8, 4) is 11.8 Å². The Morgan fingerprint density at radius 2 is 2.05 bits per heavy atom. The first-order valence-electron chi connectivity index (χ1n) is 6.56. The number of carbonyl (C=O) groups excluding carboxylic acids is 1. The Bertz CT molecular complexity index is 542. The summed E-state index contributed by atoms with van der Waals surface area (Å²) in [5.74, 6) is 0.578. The SMILES string of the molecule is CCC1(CC)Oc2cc(C)ccc2N(CC#N)C1=O. The van der Waals surface area contributed by atoms with Gasteiger partial charge in [0.2, 0.25) is 0 Å². The molecule has 0 aromatic heterocycles. The molecule has 0 saturated heterocycles. The summed E-state index contributed by atoms with van der Waals surface area (Å²) in [6.07, 6.45) is 1.19. The predicted octanol–water partition coefficient (Wildman–Crippen LogP) is 2.80. The molecule has 4 heteroatoms. The first-order valence-corrected chi connectivity index (χ1v) is 6.56. The van der Waals surface area contributed by atoms with Crippen LogP contribution >= 0.6 is 0 Å². The quantitative estimate of drug-likeness (QED) is 0.783. The Balaban J connectivity index is 2.56. The lowest BCUT2D eigenvalue weighted by molar-refractivity contribution is -0.136. The molecule has 0 N–H and O–H groups in total. The van der Waals surface area contributed by atoms with Gasteiger partial charge in [-0.15, -0.1) is 0 Å². The summed E-state index contributed by atoms with van der Waals surface area (Å²) in [6.45, 7) is 5.91. The fraction of sp³-hybridized carbons (Fsp3) is 0.467. The zero-order valence-electron chi connectivity index (χ0n) is 11.6. The van der Waals surface area contributed by atoms with E-state index >= 15 is 0 Å². The maximum Gasteiger partial charge on any atom is 0.272 e. The molecule has 2 rings (SSSR count). The van der Waals surface area contributed by atoms with Crippen molar-refractivity contribution in [2.45, 2.75) is 39.2 Å². The maximum absolute atomic E-state index is 12.6. The third-order valence-corrected chi connectivity index (χ3v) is 3.72. The van der Waals surface area contributed by atoms with E-state index in [1.165, 1.54) is 4.90 Å². The van der Waals surface area contributed by atoms with Crippen molar-refractivity contribution in [2.75, 3.05) is 11.4 Å². The molecule has 0 saturated carbocycles. The van der Waals surface area contributed by atoms with Crippen LogP contribution in [0.15, 0.2) is 18.2 Å². The zero-order chi connectivity index (χ0) is 14.0. The molecular weight excluding hydrogens is 240 g/mol. The summed E-state index contributed by atoms with van der Waals surface area (Å²) in [7, 11) is 0. The van der Waals surface area contributed by atoms with Crippen LogP contribution < -0.4 is 9.64 Å². The Morgan fingerprint density at radius 1 is 1.37 bits per heavy atom. The molecule has 19 heavy (non-hydrogen) atoms. The van der Waals surface area contributed by atoms with Gasteiger partial charge >= 0.3 is 0 Å². The molecule has 1 aromatic carbocycles. The molecule has 1 heterocycles. The molecule has 0 fully saturated rings. The van der Waals surface area contributed by atoms with E-state index in [0.29, 0.717) is 24.3 Å². The lowest BCUT2D eigenvalue weighted by atomic mass is 9.92. The highest BCUT2D eigenvalue weighted by Gasteiger charge is 2.45.